The monoisotopic (exact) mass is 419 g/mol. The maximum Gasteiger partial charge on any atom is 0.255 e. The summed E-state index contributed by atoms with van der Waals surface area (Å²) in [5.41, 5.74) is 3.40. The Hall–Kier alpha value is -2.92. The van der Waals surface area contributed by atoms with Crippen molar-refractivity contribution < 1.29 is 14.3 Å². The molecule has 4 rings (SSSR count). The fourth-order valence-electron chi connectivity index (χ4n) is 3.56. The number of thioether (sulfide) groups is 1. The van der Waals surface area contributed by atoms with Crippen molar-refractivity contribution in [2.75, 3.05) is 11.6 Å². The molecule has 0 radical (unpaired) electrons. The van der Waals surface area contributed by atoms with Crippen LogP contribution in [0.2, 0.25) is 0 Å². The van der Waals surface area contributed by atoms with Crippen molar-refractivity contribution in [2.45, 2.75) is 37.4 Å². The molecule has 1 heterocycles. The summed E-state index contributed by atoms with van der Waals surface area (Å²) < 4.78 is 12.1. The molecule has 0 saturated carbocycles. The first kappa shape index (κ1) is 20.4. The van der Waals surface area contributed by atoms with Gasteiger partial charge in [-0.3, -0.25) is 4.79 Å². The molecule has 3 aromatic carbocycles. The van der Waals surface area contributed by atoms with E-state index in [1.807, 2.05) is 66.9 Å². The number of rotatable bonds is 6. The number of carbonyl (C=O) groups is 1. The van der Waals surface area contributed by atoms with Crippen LogP contribution in [0, 0.1) is 0 Å². The second-order valence-electron chi connectivity index (χ2n) is 7.92. The lowest BCUT2D eigenvalue weighted by Crippen LogP contribution is -2.24. The van der Waals surface area contributed by atoms with Gasteiger partial charge in [-0.25, -0.2) is 0 Å². The molecule has 0 aliphatic carbocycles. The smallest absolute Gasteiger partial charge is 0.255 e. The quantitative estimate of drug-likeness (QED) is 0.501. The van der Waals surface area contributed by atoms with Crippen LogP contribution in [0.4, 0.5) is 5.69 Å². The van der Waals surface area contributed by atoms with Gasteiger partial charge >= 0.3 is 0 Å². The molecule has 1 aliphatic rings. The zero-order valence-electron chi connectivity index (χ0n) is 17.4. The molecule has 1 aliphatic heterocycles. The summed E-state index contributed by atoms with van der Waals surface area (Å²) >= 11 is 1.61. The highest BCUT2D eigenvalue weighted by molar-refractivity contribution is 7.98. The molecular formula is C25H25NO3S. The fourth-order valence-corrected chi connectivity index (χ4v) is 4.11. The Morgan fingerprint density at radius 2 is 1.83 bits per heavy atom. The van der Waals surface area contributed by atoms with Gasteiger partial charge in [0.1, 0.15) is 12.2 Å². The topological polar surface area (TPSA) is 47.6 Å². The van der Waals surface area contributed by atoms with E-state index in [1.54, 1.807) is 11.8 Å². The van der Waals surface area contributed by atoms with E-state index in [4.69, 9.17) is 9.47 Å². The number of para-hydroxylation sites is 2. The van der Waals surface area contributed by atoms with Crippen LogP contribution in [0.1, 0.15) is 35.3 Å². The van der Waals surface area contributed by atoms with E-state index < -0.39 is 0 Å². The molecule has 3 aromatic rings. The summed E-state index contributed by atoms with van der Waals surface area (Å²) in [6.07, 6.45) is 2.87. The summed E-state index contributed by atoms with van der Waals surface area (Å²) in [5.74, 6) is 1.47. The van der Waals surface area contributed by atoms with Crippen molar-refractivity contribution >= 4 is 23.4 Å². The minimum atomic E-state index is -0.203. The molecule has 0 aromatic heterocycles. The van der Waals surface area contributed by atoms with Gasteiger partial charge in [-0.2, -0.15) is 0 Å². The Morgan fingerprint density at radius 1 is 1.07 bits per heavy atom. The van der Waals surface area contributed by atoms with Crippen LogP contribution in [0.5, 0.6) is 11.5 Å². The fraction of sp³-hybridized carbons (Fsp3) is 0.240. The van der Waals surface area contributed by atoms with Crippen LogP contribution >= 0.6 is 11.8 Å². The first-order valence-corrected chi connectivity index (χ1v) is 11.1. The molecule has 0 fully saturated rings. The average molecular weight is 420 g/mol. The van der Waals surface area contributed by atoms with Gasteiger partial charge < -0.3 is 14.8 Å². The molecule has 30 heavy (non-hydrogen) atoms. The lowest BCUT2D eigenvalue weighted by Gasteiger charge is -2.18. The van der Waals surface area contributed by atoms with Gasteiger partial charge in [-0.1, -0.05) is 36.4 Å². The van der Waals surface area contributed by atoms with Gasteiger partial charge in [0.2, 0.25) is 0 Å². The zero-order chi connectivity index (χ0) is 21.1. The molecule has 4 nitrogen and oxygen atoms in total. The molecule has 5 heteroatoms. The number of hydrogen-bond acceptors (Lipinski definition) is 4. The van der Waals surface area contributed by atoms with Gasteiger partial charge in [0.25, 0.3) is 5.91 Å². The normalized spacial score (nSPS) is 14.0. The van der Waals surface area contributed by atoms with E-state index in [0.29, 0.717) is 12.2 Å². The van der Waals surface area contributed by atoms with Crippen LogP contribution < -0.4 is 14.8 Å². The third-order valence-corrected chi connectivity index (χ3v) is 5.82. The number of carbonyl (C=O) groups excluding carboxylic acids is 1. The van der Waals surface area contributed by atoms with Crippen LogP contribution in [-0.4, -0.2) is 17.8 Å². The average Bonchev–Trinajstić information content (AvgIpc) is 3.07. The summed E-state index contributed by atoms with van der Waals surface area (Å²) in [4.78, 5) is 13.6. The second-order valence-corrected chi connectivity index (χ2v) is 8.77. The Morgan fingerprint density at radius 3 is 2.60 bits per heavy atom. The predicted octanol–water partition coefficient (Wildman–Crippen LogP) is 5.95. The highest BCUT2D eigenvalue weighted by Gasteiger charge is 2.32. The van der Waals surface area contributed by atoms with E-state index in [0.717, 1.165) is 34.1 Å². The molecule has 1 amide bonds. The van der Waals surface area contributed by atoms with Crippen LogP contribution in [0.3, 0.4) is 0 Å². The third kappa shape index (κ3) is 4.46. The molecular weight excluding hydrogens is 394 g/mol. The Bertz CT molecular complexity index is 1060. The molecule has 1 N–H and O–H groups in total. The van der Waals surface area contributed by atoms with Gasteiger partial charge in [0, 0.05) is 22.4 Å². The maximum atomic E-state index is 12.6. The van der Waals surface area contributed by atoms with Crippen molar-refractivity contribution in [2.24, 2.45) is 0 Å². The van der Waals surface area contributed by atoms with Crippen molar-refractivity contribution in [3.63, 3.8) is 0 Å². The number of anilines is 1. The lowest BCUT2D eigenvalue weighted by molar-refractivity contribution is 0.102. The van der Waals surface area contributed by atoms with E-state index in [-0.39, 0.29) is 11.5 Å². The molecule has 0 bridgehead atoms. The Balaban J connectivity index is 1.40. The van der Waals surface area contributed by atoms with Crippen LogP contribution in [0.15, 0.2) is 71.6 Å². The van der Waals surface area contributed by atoms with E-state index in [2.05, 4.69) is 25.2 Å². The lowest BCUT2D eigenvalue weighted by atomic mass is 10.0. The molecule has 0 spiro atoms. The predicted molar refractivity (Wildman–Crippen MR) is 122 cm³/mol. The molecule has 0 saturated heterocycles. The van der Waals surface area contributed by atoms with Crippen LogP contribution in [0.25, 0.3) is 0 Å². The maximum absolute atomic E-state index is 12.6. The first-order chi connectivity index (χ1) is 14.4. The van der Waals surface area contributed by atoms with E-state index in [1.165, 1.54) is 5.56 Å². The summed E-state index contributed by atoms with van der Waals surface area (Å²) in [7, 11) is 0. The minimum Gasteiger partial charge on any atom is -0.485 e. The molecule has 0 unspecified atom stereocenters. The Labute approximate surface area is 181 Å². The van der Waals surface area contributed by atoms with Crippen LogP contribution in [-0.2, 0) is 13.0 Å². The van der Waals surface area contributed by atoms with Gasteiger partial charge in [-0.05, 0) is 56.0 Å². The van der Waals surface area contributed by atoms with Crippen molar-refractivity contribution in [1.82, 2.24) is 0 Å². The standard InChI is InChI=1S/C25H25NO3S/c1-25(2)15-19-7-6-9-21(23(19)29-25)28-16-17-11-13-18(14-12-17)24(27)26-20-8-4-5-10-22(20)30-3/h4-14H,15-16H2,1-3H3,(H,26,27). The number of fused-ring (bicyclic) bond motifs is 1. The van der Waals surface area contributed by atoms with Gasteiger partial charge in [-0.15, -0.1) is 11.8 Å². The van der Waals surface area contributed by atoms with Gasteiger partial charge in [0.15, 0.2) is 11.5 Å². The minimum absolute atomic E-state index is 0.125. The highest BCUT2D eigenvalue weighted by Crippen LogP contribution is 2.42. The second kappa shape index (κ2) is 8.44. The number of nitrogens with one attached hydrogen (secondary N) is 1. The van der Waals surface area contributed by atoms with Gasteiger partial charge in [0.05, 0.1) is 5.69 Å². The number of hydrogen-bond donors (Lipinski definition) is 1. The largest absolute Gasteiger partial charge is 0.485 e. The zero-order valence-corrected chi connectivity index (χ0v) is 18.2. The number of amides is 1. The van der Waals surface area contributed by atoms with E-state index >= 15 is 0 Å². The Kier molecular flexibility index (Phi) is 5.73. The third-order valence-electron chi connectivity index (χ3n) is 5.02. The van der Waals surface area contributed by atoms with E-state index in [9.17, 15) is 4.79 Å². The number of ether oxygens (including phenoxy) is 2. The van der Waals surface area contributed by atoms with Crippen molar-refractivity contribution in [1.29, 1.82) is 0 Å². The first-order valence-electron chi connectivity index (χ1n) is 9.92. The summed E-state index contributed by atoms with van der Waals surface area (Å²) in [6, 6.07) is 21.3. The SMILES string of the molecule is CSc1ccccc1NC(=O)c1ccc(COc2cccc3c2OC(C)(C)C3)cc1. The van der Waals surface area contributed by atoms with Crippen molar-refractivity contribution in [3.05, 3.63) is 83.4 Å². The summed E-state index contributed by atoms with van der Waals surface area (Å²) in [5, 5.41) is 2.98. The van der Waals surface area contributed by atoms with Crippen molar-refractivity contribution in [3.8, 4) is 11.5 Å². The highest BCUT2D eigenvalue weighted by atomic mass is 32.2. The number of benzene rings is 3. The summed E-state index contributed by atoms with van der Waals surface area (Å²) in [6.45, 7) is 4.58. The molecule has 0 atom stereocenters. The molecule has 154 valence electrons.